The van der Waals surface area contributed by atoms with Gasteiger partial charge in [-0.1, -0.05) is 107 Å². The van der Waals surface area contributed by atoms with E-state index in [2.05, 4.69) is 129 Å². The van der Waals surface area contributed by atoms with Crippen molar-refractivity contribution in [3.05, 3.63) is 169 Å². The molecular formula is C54H49IrN5OSi-2. The van der Waals surface area contributed by atoms with Crippen LogP contribution in [-0.2, 0) is 20.1 Å². The second kappa shape index (κ2) is 17.4. The smallest absolute Gasteiger partial charge is 0.141 e. The van der Waals surface area contributed by atoms with Gasteiger partial charge in [0, 0.05) is 47.9 Å². The quantitative estimate of drug-likeness (QED) is 0.118. The Kier molecular flexibility index (Phi) is 10.9. The first-order valence-corrected chi connectivity index (χ1v) is 24.4. The summed E-state index contributed by atoms with van der Waals surface area (Å²) in [5.41, 5.74) is 13.5. The van der Waals surface area contributed by atoms with Crippen molar-refractivity contribution in [2.24, 2.45) is 0 Å². The minimum absolute atomic E-state index is 0. The molecule has 0 atom stereocenters. The topological polar surface area (TPSA) is 69.6 Å². The van der Waals surface area contributed by atoms with Gasteiger partial charge in [0.1, 0.15) is 5.58 Å². The Morgan fingerprint density at radius 3 is 2.10 bits per heavy atom. The normalized spacial score (nSPS) is 12.6. The number of pyridine rings is 3. The molecule has 0 aliphatic carbocycles. The van der Waals surface area contributed by atoms with Gasteiger partial charge < -0.3 is 14.0 Å². The van der Waals surface area contributed by atoms with Crippen molar-refractivity contribution < 1.29 is 28.6 Å². The maximum atomic E-state index is 7.81. The molecule has 8 heteroatoms. The summed E-state index contributed by atoms with van der Waals surface area (Å²) in [6.45, 7) is 13.6. The zero-order valence-corrected chi connectivity index (χ0v) is 39.3. The van der Waals surface area contributed by atoms with E-state index in [0.717, 1.165) is 44.8 Å². The third-order valence-corrected chi connectivity index (χ3v) is 13.2. The van der Waals surface area contributed by atoms with Gasteiger partial charge in [0.2, 0.25) is 0 Å². The molecule has 0 aliphatic heterocycles. The summed E-state index contributed by atoms with van der Waals surface area (Å²) in [6.07, 6.45) is 2.02. The molecule has 0 spiro atoms. The Labute approximate surface area is 382 Å². The van der Waals surface area contributed by atoms with Crippen molar-refractivity contribution in [1.82, 2.24) is 24.5 Å². The van der Waals surface area contributed by atoms with Crippen LogP contribution >= 0.6 is 0 Å². The van der Waals surface area contributed by atoms with Crippen molar-refractivity contribution in [3.63, 3.8) is 0 Å². The third-order valence-electron chi connectivity index (χ3n) is 11.2. The third kappa shape index (κ3) is 8.18. The predicted molar refractivity (Wildman–Crippen MR) is 256 cm³/mol. The largest absolute Gasteiger partial charge is 0.499 e. The first-order chi connectivity index (χ1) is 30.7. The molecule has 0 saturated heterocycles. The molecule has 0 N–H and O–H groups in total. The predicted octanol–water partition coefficient (Wildman–Crippen LogP) is 13.6. The molecule has 5 aromatic heterocycles. The maximum absolute atomic E-state index is 7.81. The molecule has 0 amide bonds. The fourth-order valence-electron chi connectivity index (χ4n) is 7.95. The van der Waals surface area contributed by atoms with E-state index in [4.69, 9.17) is 18.5 Å². The van der Waals surface area contributed by atoms with Crippen molar-refractivity contribution in [1.29, 1.82) is 0 Å². The molecule has 311 valence electrons. The van der Waals surface area contributed by atoms with Gasteiger partial charge in [-0.2, -0.15) is 0 Å². The van der Waals surface area contributed by atoms with Crippen LogP contribution in [0.2, 0.25) is 19.6 Å². The molecule has 0 bridgehead atoms. The van der Waals surface area contributed by atoms with E-state index >= 15 is 0 Å². The summed E-state index contributed by atoms with van der Waals surface area (Å²) in [4.78, 5) is 19.0. The standard InChI is InChI=1S/C40H33N4O.C14H16NSi.Ir/c1-23(2)30-20-27(26-12-7-6-8-13-26)21-31(24(3)4)38(30)44-35-17-10-9-16-33(35)43-40(44)29-15-11-14-28-37-36(45-39(28)29)22-34-32(42-37)19-18-25(5)41-34;1-16(2,3)13-9-10-14(15-11-13)12-7-5-4-6-8-12;/h6-14,16-24H,1-5H3;4-7,9-11H,1-3H3;/q2*-1;/i5D3;;. The van der Waals surface area contributed by atoms with Crippen LogP contribution in [0.25, 0.3) is 83.6 Å². The van der Waals surface area contributed by atoms with E-state index in [0.29, 0.717) is 27.7 Å². The van der Waals surface area contributed by atoms with Crippen molar-refractivity contribution in [3.8, 4) is 39.5 Å². The minimum Gasteiger partial charge on any atom is -0.499 e. The molecule has 0 aliphatic rings. The maximum Gasteiger partial charge on any atom is 0.141 e. The Bertz CT molecular complexity index is 3270. The summed E-state index contributed by atoms with van der Waals surface area (Å²) in [6, 6.07) is 51.1. The van der Waals surface area contributed by atoms with E-state index in [1.807, 2.05) is 66.9 Å². The Balaban J connectivity index is 0.000000287. The summed E-state index contributed by atoms with van der Waals surface area (Å²) < 4.78 is 32.3. The first kappa shape index (κ1) is 38.8. The number of furan rings is 1. The Morgan fingerprint density at radius 2 is 1.42 bits per heavy atom. The van der Waals surface area contributed by atoms with Gasteiger partial charge >= 0.3 is 0 Å². The minimum atomic E-state index is -2.32. The number of benzene rings is 5. The molecule has 5 heterocycles. The number of aryl methyl sites for hydroxylation is 1. The number of imidazole rings is 1. The molecule has 62 heavy (non-hydrogen) atoms. The molecule has 0 unspecified atom stereocenters. The molecule has 0 saturated carbocycles. The zero-order chi connectivity index (χ0) is 44.9. The van der Waals surface area contributed by atoms with Crippen molar-refractivity contribution in [2.45, 2.75) is 66.0 Å². The molecule has 6 nitrogen and oxygen atoms in total. The van der Waals surface area contributed by atoms with Gasteiger partial charge in [-0.3, -0.25) is 9.97 Å². The number of hydrogen-bond acceptors (Lipinski definition) is 5. The summed E-state index contributed by atoms with van der Waals surface area (Å²) in [5.74, 6) is 1.18. The number of hydrogen-bond donors (Lipinski definition) is 0. The molecule has 10 aromatic rings. The van der Waals surface area contributed by atoms with Crippen LogP contribution in [0, 0.1) is 19.0 Å². The summed E-state index contributed by atoms with van der Waals surface area (Å²) in [7, 11) is -1.23. The second-order valence-corrected chi connectivity index (χ2v) is 22.2. The molecule has 1 radical (unpaired) electrons. The Morgan fingerprint density at radius 1 is 0.677 bits per heavy atom. The van der Waals surface area contributed by atoms with Gasteiger partial charge in [0.25, 0.3) is 0 Å². The Hall–Kier alpha value is -6.05. The van der Waals surface area contributed by atoms with Crippen LogP contribution in [0.5, 0.6) is 0 Å². The number of para-hydroxylation sites is 2. The van der Waals surface area contributed by atoms with E-state index in [-0.39, 0.29) is 37.6 Å². The van der Waals surface area contributed by atoms with Crippen LogP contribution in [0.15, 0.2) is 144 Å². The van der Waals surface area contributed by atoms with Gasteiger partial charge in [0.15, 0.2) is 0 Å². The fourth-order valence-corrected chi connectivity index (χ4v) is 8.98. The van der Waals surface area contributed by atoms with Crippen LogP contribution in [-0.4, -0.2) is 32.6 Å². The van der Waals surface area contributed by atoms with Gasteiger partial charge in [-0.15, -0.1) is 54.1 Å². The van der Waals surface area contributed by atoms with Crippen LogP contribution < -0.4 is 5.19 Å². The molecule has 0 fully saturated rings. The average molecular weight is 1010 g/mol. The molecule has 10 rings (SSSR count). The first-order valence-electron chi connectivity index (χ1n) is 22.4. The number of aromatic nitrogens is 5. The monoisotopic (exact) mass is 1010 g/mol. The summed E-state index contributed by atoms with van der Waals surface area (Å²) in [5, 5.41) is 2.22. The van der Waals surface area contributed by atoms with Gasteiger partial charge in [-0.05, 0) is 93.6 Å². The van der Waals surface area contributed by atoms with E-state index in [9.17, 15) is 0 Å². The number of rotatable bonds is 7. The number of nitrogens with zero attached hydrogens (tertiary/aromatic N) is 5. The fraction of sp³-hybridized carbons (Fsp3) is 0.185. The SMILES string of the molecule is C[Si](C)(C)c1ccc(-c2[c-]cccc2)nc1.[2H]C([2H])([2H])c1ccc2nc3c(cc2n1)oc1c(-c2nc4ccccc4n2-c2c(C(C)C)cc(-c4ccccc4)cc2C(C)C)[c-]ccc13.[Ir]. The van der Waals surface area contributed by atoms with E-state index in [1.54, 1.807) is 12.1 Å². The van der Waals surface area contributed by atoms with Crippen molar-refractivity contribution in [2.75, 3.05) is 0 Å². The van der Waals surface area contributed by atoms with E-state index in [1.165, 1.54) is 33.5 Å². The van der Waals surface area contributed by atoms with Crippen LogP contribution in [0.1, 0.15) is 60.5 Å². The second-order valence-electron chi connectivity index (χ2n) is 17.2. The summed E-state index contributed by atoms with van der Waals surface area (Å²) >= 11 is 0. The number of fused-ring (bicyclic) bond motifs is 5. The van der Waals surface area contributed by atoms with Crippen molar-refractivity contribution >= 4 is 57.4 Å². The van der Waals surface area contributed by atoms with E-state index < -0.39 is 14.9 Å². The van der Waals surface area contributed by atoms with Crippen LogP contribution in [0.3, 0.4) is 0 Å². The van der Waals surface area contributed by atoms with Gasteiger partial charge in [-0.25, -0.2) is 4.98 Å². The van der Waals surface area contributed by atoms with Crippen LogP contribution in [0.4, 0.5) is 0 Å². The molecular weight excluding hydrogens is 955 g/mol. The molecule has 5 aromatic carbocycles. The van der Waals surface area contributed by atoms with Gasteiger partial charge in [0.05, 0.1) is 47.1 Å². The zero-order valence-electron chi connectivity index (χ0n) is 38.9. The average Bonchev–Trinajstić information content (AvgIpc) is 3.86.